The summed E-state index contributed by atoms with van der Waals surface area (Å²) in [5.41, 5.74) is 3.01. The highest BCUT2D eigenvalue weighted by Crippen LogP contribution is 2.39. The number of hydrogen-bond donors (Lipinski definition) is 0. The summed E-state index contributed by atoms with van der Waals surface area (Å²) in [4.78, 5) is 15.7. The molecule has 3 heterocycles. The molecule has 0 N–H and O–H groups in total. The summed E-state index contributed by atoms with van der Waals surface area (Å²) in [5, 5.41) is 0.715. The lowest BCUT2D eigenvalue weighted by atomic mass is 9.86. The Morgan fingerprint density at radius 3 is 2.19 bits per heavy atom. The van der Waals surface area contributed by atoms with Crippen LogP contribution in [0.25, 0.3) is 27.9 Å². The van der Waals surface area contributed by atoms with E-state index in [1.54, 1.807) is 28.8 Å². The molecule has 0 saturated carbocycles. The van der Waals surface area contributed by atoms with Crippen LogP contribution in [0.2, 0.25) is 10.0 Å². The highest BCUT2D eigenvalue weighted by atomic mass is 35.5. The van der Waals surface area contributed by atoms with Gasteiger partial charge in [0.2, 0.25) is 0 Å². The summed E-state index contributed by atoms with van der Waals surface area (Å²) < 4.78 is 30.6. The molecule has 0 spiro atoms. The van der Waals surface area contributed by atoms with E-state index in [4.69, 9.17) is 23.2 Å². The van der Waals surface area contributed by atoms with Gasteiger partial charge in [0.05, 0.1) is 26.8 Å². The molecular weight excluding hydrogens is 513 g/mol. The Balaban J connectivity index is 1.77. The van der Waals surface area contributed by atoms with Gasteiger partial charge in [0.25, 0.3) is 0 Å². The van der Waals surface area contributed by atoms with E-state index in [0.29, 0.717) is 32.4 Å². The Morgan fingerprint density at radius 1 is 0.892 bits per heavy atom. The molecule has 0 radical (unpaired) electrons. The van der Waals surface area contributed by atoms with Crippen LogP contribution >= 0.6 is 23.2 Å². The van der Waals surface area contributed by atoms with E-state index in [0.717, 1.165) is 37.6 Å². The van der Waals surface area contributed by atoms with Crippen molar-refractivity contribution in [2.45, 2.75) is 45.1 Å². The summed E-state index contributed by atoms with van der Waals surface area (Å²) in [7, 11) is 0. The Morgan fingerprint density at radius 2 is 1.57 bits per heavy atom. The van der Waals surface area contributed by atoms with Crippen LogP contribution in [0.15, 0.2) is 65.6 Å². The quantitative estimate of drug-likeness (QED) is 0.261. The number of halogens is 4. The first kappa shape index (κ1) is 25.9. The number of hydrogen-bond acceptors (Lipinski definition) is 2. The first-order valence-electron chi connectivity index (χ1n) is 12.4. The minimum absolute atomic E-state index is 0.0814. The van der Waals surface area contributed by atoms with Gasteiger partial charge in [0.1, 0.15) is 11.6 Å². The van der Waals surface area contributed by atoms with Gasteiger partial charge in [0, 0.05) is 35.0 Å². The fourth-order valence-electron chi connectivity index (χ4n) is 5.34. The van der Waals surface area contributed by atoms with Crippen molar-refractivity contribution in [2.24, 2.45) is 0 Å². The lowest BCUT2D eigenvalue weighted by Crippen LogP contribution is -2.45. The van der Waals surface area contributed by atoms with E-state index >= 15 is 4.39 Å². The van der Waals surface area contributed by atoms with Crippen molar-refractivity contribution in [3.63, 3.8) is 0 Å². The van der Waals surface area contributed by atoms with Crippen molar-refractivity contribution in [1.82, 2.24) is 9.30 Å². The van der Waals surface area contributed by atoms with Crippen molar-refractivity contribution in [3.05, 3.63) is 98.3 Å². The van der Waals surface area contributed by atoms with Crippen LogP contribution in [0.1, 0.15) is 45.1 Å². The Bertz CT molecular complexity index is 1530. The molecule has 0 aliphatic carbocycles. The molecule has 2 aromatic heterocycles. The highest BCUT2D eigenvalue weighted by Gasteiger charge is 2.29. The van der Waals surface area contributed by atoms with Gasteiger partial charge in [-0.05, 0) is 94.6 Å². The van der Waals surface area contributed by atoms with Gasteiger partial charge >= 0.3 is 0 Å². The molecule has 0 amide bonds. The maximum Gasteiger partial charge on any atom is 0.190 e. The standard InChI is InChI=1S/C30H28Cl2F2N2O/c1-30(2,3)35-12-9-18(10-13-35)19-15-25(21-8-7-20(33)17-24(21)34)36-14-11-27(37)29(26(36)16-19)28-22(31)5-4-6-23(28)32/h4-8,11,14-18H,9-10,12-13H2,1-3H3. The third-order valence-electron chi connectivity index (χ3n) is 7.34. The SMILES string of the molecule is CC(C)(C)N1CCC(c2cc(-c3ccc(F)cc3F)n3ccc(=O)c(-c4c(Cl)cccc4Cl)c3c2)CC1. The zero-order chi connectivity index (χ0) is 26.5. The first-order valence-corrected chi connectivity index (χ1v) is 13.1. The molecule has 1 aliphatic rings. The van der Waals surface area contributed by atoms with Crippen molar-refractivity contribution < 1.29 is 8.78 Å². The molecule has 0 atom stereocenters. The lowest BCUT2D eigenvalue weighted by molar-refractivity contribution is 0.102. The normalized spacial score (nSPS) is 15.4. The molecule has 0 unspecified atom stereocenters. The highest BCUT2D eigenvalue weighted by molar-refractivity contribution is 6.39. The molecular formula is C30H28Cl2F2N2O. The van der Waals surface area contributed by atoms with Gasteiger partial charge < -0.3 is 4.40 Å². The molecule has 1 aliphatic heterocycles. The van der Waals surface area contributed by atoms with Gasteiger partial charge in [-0.2, -0.15) is 0 Å². The number of benzene rings is 2. The molecule has 4 aromatic rings. The number of aromatic nitrogens is 1. The molecule has 37 heavy (non-hydrogen) atoms. The van der Waals surface area contributed by atoms with E-state index in [2.05, 4.69) is 25.7 Å². The first-order chi connectivity index (χ1) is 17.5. The molecule has 5 rings (SSSR count). The third-order valence-corrected chi connectivity index (χ3v) is 7.97. The summed E-state index contributed by atoms with van der Waals surface area (Å²) in [6.45, 7) is 8.51. The van der Waals surface area contributed by atoms with E-state index in [9.17, 15) is 9.18 Å². The Labute approximate surface area is 225 Å². The minimum Gasteiger partial charge on any atom is -0.316 e. The number of likely N-dealkylation sites (tertiary alicyclic amines) is 1. The van der Waals surface area contributed by atoms with Crippen LogP contribution in [0.3, 0.4) is 0 Å². The van der Waals surface area contributed by atoms with Crippen molar-refractivity contribution in [1.29, 1.82) is 0 Å². The Kier molecular flexibility index (Phi) is 6.90. The molecule has 192 valence electrons. The van der Waals surface area contributed by atoms with Crippen LogP contribution in [0.4, 0.5) is 8.78 Å². The second kappa shape index (κ2) is 9.86. The summed E-state index contributed by atoms with van der Waals surface area (Å²) >= 11 is 13.1. The fourth-order valence-corrected chi connectivity index (χ4v) is 5.93. The second-order valence-electron chi connectivity index (χ2n) is 10.6. The summed E-state index contributed by atoms with van der Waals surface area (Å²) in [5.74, 6) is -1.10. The topological polar surface area (TPSA) is 24.7 Å². The number of piperidine rings is 1. The van der Waals surface area contributed by atoms with Gasteiger partial charge in [-0.1, -0.05) is 29.3 Å². The van der Waals surface area contributed by atoms with Crippen molar-refractivity contribution >= 4 is 28.7 Å². The lowest BCUT2D eigenvalue weighted by Gasteiger charge is -2.41. The van der Waals surface area contributed by atoms with E-state index in [1.165, 1.54) is 18.2 Å². The van der Waals surface area contributed by atoms with Gasteiger partial charge in [-0.3, -0.25) is 9.69 Å². The van der Waals surface area contributed by atoms with Crippen LogP contribution in [0.5, 0.6) is 0 Å². The second-order valence-corrected chi connectivity index (χ2v) is 11.5. The largest absolute Gasteiger partial charge is 0.316 e. The number of nitrogens with zero attached hydrogens (tertiary/aromatic N) is 2. The summed E-state index contributed by atoms with van der Waals surface area (Å²) in [6.07, 6.45) is 3.48. The predicted octanol–water partition coefficient (Wildman–Crippen LogP) is 8.20. The van der Waals surface area contributed by atoms with Crippen LogP contribution < -0.4 is 5.43 Å². The number of pyridine rings is 2. The zero-order valence-corrected chi connectivity index (χ0v) is 22.5. The zero-order valence-electron chi connectivity index (χ0n) is 21.0. The molecule has 7 heteroatoms. The number of fused-ring (bicyclic) bond motifs is 1. The molecule has 3 nitrogen and oxygen atoms in total. The average molecular weight is 541 g/mol. The van der Waals surface area contributed by atoms with E-state index in [-0.39, 0.29) is 22.4 Å². The van der Waals surface area contributed by atoms with Gasteiger partial charge in [0.15, 0.2) is 5.43 Å². The fraction of sp³-hybridized carbons (Fsp3) is 0.300. The molecule has 1 saturated heterocycles. The third kappa shape index (κ3) is 4.93. The summed E-state index contributed by atoms with van der Waals surface area (Å²) in [6, 6.07) is 14.1. The predicted molar refractivity (Wildman–Crippen MR) is 148 cm³/mol. The average Bonchev–Trinajstić information content (AvgIpc) is 2.84. The van der Waals surface area contributed by atoms with E-state index in [1.807, 2.05) is 12.1 Å². The van der Waals surface area contributed by atoms with Crippen LogP contribution in [0, 0.1) is 11.6 Å². The number of rotatable bonds is 3. The minimum atomic E-state index is -0.669. The van der Waals surface area contributed by atoms with Crippen molar-refractivity contribution in [2.75, 3.05) is 13.1 Å². The molecule has 1 fully saturated rings. The van der Waals surface area contributed by atoms with Crippen LogP contribution in [-0.2, 0) is 0 Å². The van der Waals surface area contributed by atoms with Crippen molar-refractivity contribution in [3.8, 4) is 22.4 Å². The molecule has 2 aromatic carbocycles. The van der Waals surface area contributed by atoms with E-state index < -0.39 is 11.6 Å². The maximum atomic E-state index is 15.1. The maximum absolute atomic E-state index is 15.1. The molecule has 0 bridgehead atoms. The van der Waals surface area contributed by atoms with Gasteiger partial charge in [-0.25, -0.2) is 8.78 Å². The Hall–Kier alpha value is -2.73. The van der Waals surface area contributed by atoms with Gasteiger partial charge in [-0.15, -0.1) is 0 Å². The van der Waals surface area contributed by atoms with Crippen LogP contribution in [-0.4, -0.2) is 27.9 Å². The monoisotopic (exact) mass is 540 g/mol. The smallest absolute Gasteiger partial charge is 0.190 e.